The molecule has 0 aromatic carbocycles. The molecule has 0 aliphatic carbocycles. The largest absolute Gasteiger partial charge is 0.311 e. The molecule has 5 nitrogen and oxygen atoms in total. The van der Waals surface area contributed by atoms with Crippen molar-refractivity contribution in [2.45, 2.75) is 27.3 Å². The number of fused-ring (bicyclic) bond motifs is 1. The number of nitrogens with one attached hydrogen (secondary N) is 1. The van der Waals surface area contributed by atoms with Crippen LogP contribution in [0.2, 0.25) is 0 Å². The maximum atomic E-state index is 4.73. The third kappa shape index (κ3) is 1.97. The lowest BCUT2D eigenvalue weighted by atomic mass is 10.3. The fourth-order valence-corrected chi connectivity index (χ4v) is 2.86. The quantitative estimate of drug-likeness (QED) is 0.795. The molecule has 0 atom stereocenters. The highest BCUT2D eigenvalue weighted by atomic mass is 32.1. The fraction of sp³-hybridized carbons (Fsp3) is 0.385. The number of nitrogens with zero attached hydrogens (tertiary/aromatic N) is 4. The van der Waals surface area contributed by atoms with Crippen LogP contribution in [0.4, 0.5) is 0 Å². The van der Waals surface area contributed by atoms with Gasteiger partial charge in [0.25, 0.3) is 0 Å². The average Bonchev–Trinajstić information content (AvgIpc) is 3.04. The van der Waals surface area contributed by atoms with Crippen molar-refractivity contribution in [3.8, 4) is 5.82 Å². The Labute approximate surface area is 115 Å². The van der Waals surface area contributed by atoms with Gasteiger partial charge in [-0.2, -0.15) is 0 Å². The molecule has 0 aliphatic rings. The molecule has 3 rings (SSSR count). The molecule has 0 spiro atoms. The Morgan fingerprint density at radius 2 is 2.21 bits per heavy atom. The molecular formula is C13H17N5S. The summed E-state index contributed by atoms with van der Waals surface area (Å²) in [6, 6.07) is 0. The minimum absolute atomic E-state index is 0.806. The molecule has 0 saturated carbocycles. The first-order chi connectivity index (χ1) is 9.22. The minimum atomic E-state index is 0.806. The lowest BCUT2D eigenvalue weighted by Crippen LogP contribution is -2.15. The van der Waals surface area contributed by atoms with Crippen molar-refractivity contribution in [2.75, 3.05) is 6.54 Å². The highest BCUT2D eigenvalue weighted by Gasteiger charge is 2.16. The third-order valence-corrected chi connectivity index (χ3v) is 4.12. The molecule has 0 bridgehead atoms. The van der Waals surface area contributed by atoms with E-state index >= 15 is 0 Å². The normalized spacial score (nSPS) is 11.5. The van der Waals surface area contributed by atoms with E-state index in [2.05, 4.69) is 44.7 Å². The van der Waals surface area contributed by atoms with Crippen molar-refractivity contribution < 1.29 is 0 Å². The third-order valence-electron chi connectivity index (χ3n) is 3.36. The molecular weight excluding hydrogens is 258 g/mol. The number of thiazole rings is 1. The molecule has 6 heteroatoms. The van der Waals surface area contributed by atoms with Gasteiger partial charge in [-0.1, -0.05) is 6.92 Å². The highest BCUT2D eigenvalue weighted by Crippen LogP contribution is 2.22. The highest BCUT2D eigenvalue weighted by molar-refractivity contribution is 7.15. The molecule has 1 N–H and O–H groups in total. The minimum Gasteiger partial charge on any atom is -0.311 e. The van der Waals surface area contributed by atoms with Gasteiger partial charge in [-0.25, -0.2) is 9.97 Å². The number of rotatable bonds is 4. The van der Waals surface area contributed by atoms with Crippen LogP contribution in [0.5, 0.6) is 0 Å². The fourth-order valence-electron chi connectivity index (χ4n) is 2.13. The van der Waals surface area contributed by atoms with Crippen molar-refractivity contribution in [1.29, 1.82) is 0 Å². The predicted molar refractivity (Wildman–Crippen MR) is 77.0 cm³/mol. The van der Waals surface area contributed by atoms with Crippen LogP contribution in [-0.4, -0.2) is 25.5 Å². The average molecular weight is 275 g/mol. The lowest BCUT2D eigenvalue weighted by Gasteiger charge is -2.07. The van der Waals surface area contributed by atoms with Crippen molar-refractivity contribution in [1.82, 2.24) is 24.3 Å². The number of aromatic nitrogens is 4. The predicted octanol–water partition coefficient (Wildman–Crippen LogP) is 2.31. The Balaban J connectivity index is 2.16. The van der Waals surface area contributed by atoms with Gasteiger partial charge in [0.15, 0.2) is 10.8 Å². The number of imidazole rings is 2. The first kappa shape index (κ1) is 12.4. The zero-order valence-corrected chi connectivity index (χ0v) is 12.2. The Morgan fingerprint density at radius 1 is 1.37 bits per heavy atom. The molecule has 0 saturated heterocycles. The zero-order chi connectivity index (χ0) is 13.4. The van der Waals surface area contributed by atoms with Crippen molar-refractivity contribution in [3.05, 3.63) is 35.0 Å². The van der Waals surface area contributed by atoms with E-state index in [9.17, 15) is 0 Å². The van der Waals surface area contributed by atoms with Gasteiger partial charge in [0, 0.05) is 23.8 Å². The zero-order valence-electron chi connectivity index (χ0n) is 11.3. The number of aryl methyl sites for hydroxylation is 1. The van der Waals surface area contributed by atoms with Crippen LogP contribution in [0.1, 0.15) is 24.0 Å². The molecule has 3 heterocycles. The summed E-state index contributed by atoms with van der Waals surface area (Å²) >= 11 is 1.65. The van der Waals surface area contributed by atoms with Gasteiger partial charge in [0.05, 0.1) is 11.4 Å². The Bertz CT molecular complexity index is 706. The van der Waals surface area contributed by atoms with Crippen LogP contribution in [-0.2, 0) is 6.54 Å². The first-order valence-corrected chi connectivity index (χ1v) is 7.26. The van der Waals surface area contributed by atoms with Gasteiger partial charge < -0.3 is 5.32 Å². The Morgan fingerprint density at radius 3 is 2.89 bits per heavy atom. The van der Waals surface area contributed by atoms with E-state index in [4.69, 9.17) is 4.98 Å². The van der Waals surface area contributed by atoms with E-state index in [-0.39, 0.29) is 0 Å². The molecule has 3 aromatic heterocycles. The van der Waals surface area contributed by atoms with E-state index < -0.39 is 0 Å². The maximum Gasteiger partial charge on any atom is 0.195 e. The van der Waals surface area contributed by atoms with E-state index in [1.165, 1.54) is 5.69 Å². The van der Waals surface area contributed by atoms with Gasteiger partial charge in [-0.15, -0.1) is 11.3 Å². The van der Waals surface area contributed by atoms with Crippen LogP contribution in [0.3, 0.4) is 0 Å². The SMILES string of the molecule is CCNCc1c(-n2cnc(C)c2C)nc2sccn12. The van der Waals surface area contributed by atoms with Gasteiger partial charge in [-0.05, 0) is 20.4 Å². The van der Waals surface area contributed by atoms with Crippen LogP contribution >= 0.6 is 11.3 Å². The summed E-state index contributed by atoms with van der Waals surface area (Å²) in [6.07, 6.45) is 3.93. The van der Waals surface area contributed by atoms with Gasteiger partial charge in [-0.3, -0.25) is 8.97 Å². The molecule has 0 unspecified atom stereocenters. The van der Waals surface area contributed by atoms with Gasteiger partial charge >= 0.3 is 0 Å². The molecule has 0 amide bonds. The molecule has 0 fully saturated rings. The second kappa shape index (κ2) is 4.79. The summed E-state index contributed by atoms with van der Waals surface area (Å²) in [5.41, 5.74) is 3.37. The smallest absolute Gasteiger partial charge is 0.195 e. The van der Waals surface area contributed by atoms with Gasteiger partial charge in [0.2, 0.25) is 0 Å². The van der Waals surface area contributed by atoms with Crippen molar-refractivity contribution in [3.63, 3.8) is 0 Å². The van der Waals surface area contributed by atoms with Crippen LogP contribution in [0.25, 0.3) is 10.8 Å². The number of hydrogen-bond donors (Lipinski definition) is 1. The maximum absolute atomic E-state index is 4.73. The van der Waals surface area contributed by atoms with Gasteiger partial charge in [0.1, 0.15) is 6.33 Å². The van der Waals surface area contributed by atoms with E-state index in [1.54, 1.807) is 11.3 Å². The second-order valence-electron chi connectivity index (χ2n) is 4.50. The molecule has 0 radical (unpaired) electrons. The summed E-state index contributed by atoms with van der Waals surface area (Å²) in [5.74, 6) is 0.978. The standard InChI is InChI=1S/C13H17N5S/c1-4-14-7-11-12(16-13-17(11)5-6-19-13)18-8-15-9(2)10(18)3/h5-6,8,14H,4,7H2,1-3H3. The van der Waals surface area contributed by atoms with Crippen LogP contribution < -0.4 is 5.32 Å². The molecule has 19 heavy (non-hydrogen) atoms. The molecule has 3 aromatic rings. The lowest BCUT2D eigenvalue weighted by molar-refractivity contribution is 0.700. The van der Waals surface area contributed by atoms with Crippen LogP contribution in [0, 0.1) is 13.8 Å². The van der Waals surface area contributed by atoms with Crippen molar-refractivity contribution in [2.24, 2.45) is 0 Å². The summed E-state index contributed by atoms with van der Waals surface area (Å²) in [5, 5.41) is 5.44. The van der Waals surface area contributed by atoms with Crippen molar-refractivity contribution >= 4 is 16.3 Å². The Kier molecular flexibility index (Phi) is 3.12. The summed E-state index contributed by atoms with van der Waals surface area (Å²) in [4.78, 5) is 10.1. The van der Waals surface area contributed by atoms with E-state index in [1.807, 2.05) is 13.3 Å². The molecule has 0 aliphatic heterocycles. The second-order valence-corrected chi connectivity index (χ2v) is 5.38. The summed E-state index contributed by atoms with van der Waals surface area (Å²) < 4.78 is 4.22. The summed E-state index contributed by atoms with van der Waals surface area (Å²) in [7, 11) is 0. The first-order valence-electron chi connectivity index (χ1n) is 6.38. The molecule has 100 valence electrons. The summed E-state index contributed by atoms with van der Waals surface area (Å²) in [6.45, 7) is 7.96. The Hall–Kier alpha value is -1.66. The van der Waals surface area contributed by atoms with Crippen LogP contribution in [0.15, 0.2) is 17.9 Å². The monoisotopic (exact) mass is 275 g/mol. The van der Waals surface area contributed by atoms with E-state index in [0.29, 0.717) is 0 Å². The van der Waals surface area contributed by atoms with E-state index in [0.717, 1.165) is 35.3 Å². The number of hydrogen-bond acceptors (Lipinski definition) is 4. The topological polar surface area (TPSA) is 47.2 Å².